The van der Waals surface area contributed by atoms with Crippen molar-refractivity contribution in [2.24, 2.45) is 10.7 Å². The lowest BCUT2D eigenvalue weighted by atomic mass is 9.90. The maximum atomic E-state index is 13.5. The molecule has 0 aromatic heterocycles. The van der Waals surface area contributed by atoms with E-state index in [1.807, 2.05) is 0 Å². The summed E-state index contributed by atoms with van der Waals surface area (Å²) < 4.78 is 62.7. The van der Waals surface area contributed by atoms with Crippen LogP contribution in [0.3, 0.4) is 0 Å². The van der Waals surface area contributed by atoms with Crippen molar-refractivity contribution in [1.29, 1.82) is 0 Å². The molecule has 40 heavy (non-hydrogen) atoms. The van der Waals surface area contributed by atoms with Crippen LogP contribution in [0.4, 0.5) is 13.2 Å². The first-order valence-electron chi connectivity index (χ1n) is 12.0. The molecule has 2 amide bonds. The number of nitrogens with zero attached hydrogens (tertiary/aromatic N) is 1. The van der Waals surface area contributed by atoms with Crippen molar-refractivity contribution in [2.75, 3.05) is 18.6 Å². The first-order valence-corrected chi connectivity index (χ1v) is 13.5. The number of nitrogens with one attached hydrogen (secondary N) is 2. The number of hydrogen-bond donors (Lipinski definition) is 3. The molecule has 0 atom stereocenters. The lowest BCUT2D eigenvalue weighted by molar-refractivity contribution is -0.138. The van der Waals surface area contributed by atoms with E-state index in [-0.39, 0.29) is 53.7 Å². The summed E-state index contributed by atoms with van der Waals surface area (Å²) in [6.45, 7) is 3.50. The van der Waals surface area contributed by atoms with Gasteiger partial charge in [0.25, 0.3) is 5.91 Å². The number of benzene rings is 2. The molecular formula is C27H29F3N4O5S. The summed E-state index contributed by atoms with van der Waals surface area (Å²) in [6, 6.07) is 9.53. The topological polar surface area (TPSA) is 132 Å². The van der Waals surface area contributed by atoms with Gasteiger partial charge >= 0.3 is 6.18 Å². The lowest BCUT2D eigenvalue weighted by Crippen LogP contribution is -2.61. The van der Waals surface area contributed by atoms with Crippen LogP contribution < -0.4 is 25.8 Å². The first kappa shape index (κ1) is 30.4. The van der Waals surface area contributed by atoms with E-state index in [0.717, 1.165) is 12.3 Å². The fourth-order valence-corrected chi connectivity index (χ4v) is 5.27. The van der Waals surface area contributed by atoms with Gasteiger partial charge in [-0.25, -0.2) is 0 Å². The van der Waals surface area contributed by atoms with Crippen LogP contribution in [-0.4, -0.2) is 46.4 Å². The van der Waals surface area contributed by atoms with Crippen molar-refractivity contribution in [2.45, 2.75) is 31.1 Å². The molecule has 2 aromatic rings. The van der Waals surface area contributed by atoms with Crippen molar-refractivity contribution in [1.82, 2.24) is 10.6 Å². The molecule has 1 aliphatic rings. The van der Waals surface area contributed by atoms with Gasteiger partial charge in [-0.15, -0.1) is 0 Å². The average Bonchev–Trinajstić information content (AvgIpc) is 2.94. The fourth-order valence-electron chi connectivity index (χ4n) is 3.91. The van der Waals surface area contributed by atoms with Crippen LogP contribution in [0.5, 0.6) is 17.2 Å². The number of hydrogen-bond acceptors (Lipinski definition) is 7. The van der Waals surface area contributed by atoms with Crippen LogP contribution in [0, 0.1) is 0 Å². The molecule has 9 nitrogen and oxygen atoms in total. The number of carbonyl (C=O) groups is 2. The lowest BCUT2D eigenvalue weighted by Gasteiger charge is -2.36. The molecule has 0 aliphatic carbocycles. The van der Waals surface area contributed by atoms with Crippen LogP contribution in [-0.2, 0) is 33.1 Å². The van der Waals surface area contributed by atoms with Crippen LogP contribution in [0.1, 0.15) is 24.0 Å². The van der Waals surface area contributed by atoms with Crippen molar-refractivity contribution in [3.63, 3.8) is 0 Å². The Labute approximate surface area is 231 Å². The predicted octanol–water partition coefficient (Wildman–Crippen LogP) is 3.58. The van der Waals surface area contributed by atoms with E-state index < -0.39 is 39.9 Å². The number of nitrogens with two attached hydrogens (primary N) is 1. The van der Waals surface area contributed by atoms with Gasteiger partial charge in [0.2, 0.25) is 5.91 Å². The Bertz CT molecular complexity index is 1320. The zero-order valence-corrected chi connectivity index (χ0v) is 22.4. The van der Waals surface area contributed by atoms with Gasteiger partial charge < -0.3 is 25.8 Å². The van der Waals surface area contributed by atoms with Crippen molar-refractivity contribution in [3.8, 4) is 17.2 Å². The van der Waals surface area contributed by atoms with E-state index in [1.54, 1.807) is 12.1 Å². The highest BCUT2D eigenvalue weighted by Gasteiger charge is 2.43. The third kappa shape index (κ3) is 7.72. The molecule has 1 fully saturated rings. The fraction of sp³-hybridized carbons (Fsp3) is 0.296. The molecule has 1 heterocycles. The van der Waals surface area contributed by atoms with Gasteiger partial charge in [0.15, 0.2) is 0 Å². The smallest absolute Gasteiger partial charge is 0.420 e. The van der Waals surface area contributed by atoms with E-state index in [4.69, 9.17) is 15.2 Å². The molecule has 0 bridgehead atoms. The summed E-state index contributed by atoms with van der Waals surface area (Å²) in [6.07, 6.45) is -0.839. The Morgan fingerprint density at radius 2 is 1.80 bits per heavy atom. The van der Waals surface area contributed by atoms with E-state index in [0.29, 0.717) is 5.56 Å². The highest BCUT2D eigenvalue weighted by Crippen LogP contribution is 2.40. The molecule has 1 aliphatic heterocycles. The summed E-state index contributed by atoms with van der Waals surface area (Å²) in [4.78, 5) is 29.9. The number of ether oxygens (including phenoxy) is 2. The van der Waals surface area contributed by atoms with Gasteiger partial charge in [-0.05, 0) is 48.7 Å². The third-order valence-corrected chi connectivity index (χ3v) is 7.48. The van der Waals surface area contributed by atoms with Crippen molar-refractivity contribution >= 4 is 28.8 Å². The summed E-state index contributed by atoms with van der Waals surface area (Å²) in [5.41, 5.74) is 3.90. The monoisotopic (exact) mass is 578 g/mol. The minimum absolute atomic E-state index is 0.0277. The van der Waals surface area contributed by atoms with Crippen molar-refractivity contribution in [3.05, 3.63) is 78.1 Å². The SMILES string of the molecule is C=CN=C/C(=C\N)C(=O)NC1(C(=O)NCc2ccc(Oc3ccc(OC)cc3C(F)(F)F)cc2)CCS(=O)CC1. The number of rotatable bonds is 10. The number of amides is 2. The number of carbonyl (C=O) groups excluding carboxylic acids is 2. The molecule has 0 unspecified atom stereocenters. The summed E-state index contributed by atoms with van der Waals surface area (Å²) in [5, 5.41) is 5.51. The number of alkyl halides is 3. The van der Waals surface area contributed by atoms with Gasteiger partial charge in [0.05, 0.1) is 12.7 Å². The van der Waals surface area contributed by atoms with Crippen LogP contribution >= 0.6 is 0 Å². The second-order valence-electron chi connectivity index (χ2n) is 8.76. The molecule has 4 N–H and O–H groups in total. The van der Waals surface area contributed by atoms with Crippen molar-refractivity contribution < 1.29 is 36.4 Å². The molecule has 0 spiro atoms. The number of methoxy groups -OCH3 is 1. The Morgan fingerprint density at radius 1 is 1.15 bits per heavy atom. The molecule has 1 saturated heterocycles. The quantitative estimate of drug-likeness (QED) is 0.292. The highest BCUT2D eigenvalue weighted by molar-refractivity contribution is 7.85. The maximum Gasteiger partial charge on any atom is 0.420 e. The summed E-state index contributed by atoms with van der Waals surface area (Å²) >= 11 is 0. The van der Waals surface area contributed by atoms with E-state index in [9.17, 15) is 27.0 Å². The summed E-state index contributed by atoms with van der Waals surface area (Å²) in [7, 11) is 0.164. The van der Waals surface area contributed by atoms with E-state index >= 15 is 0 Å². The minimum atomic E-state index is -4.65. The van der Waals surface area contributed by atoms with Crippen LogP contribution in [0.25, 0.3) is 0 Å². The zero-order valence-electron chi connectivity index (χ0n) is 21.6. The molecule has 13 heteroatoms. The molecule has 214 valence electrons. The summed E-state index contributed by atoms with van der Waals surface area (Å²) in [5.74, 6) is -0.806. The van der Waals surface area contributed by atoms with Gasteiger partial charge in [-0.1, -0.05) is 18.7 Å². The predicted molar refractivity (Wildman–Crippen MR) is 145 cm³/mol. The standard InChI is InChI=1S/C27H29F3N4O5S/c1-3-32-17-19(15-31)24(35)34-26(10-12-40(37)13-11-26)25(36)33-16-18-4-6-20(7-5-18)39-23-9-8-21(38-2)14-22(23)27(28,29)30/h3-9,14-15,17H,1,10-13,16,31H2,2H3,(H,33,36)(H,34,35)/b19-15+,32-17?. The Kier molecular flexibility index (Phi) is 10.1. The Morgan fingerprint density at radius 3 is 2.38 bits per heavy atom. The normalized spacial score (nSPS) is 19.6. The van der Waals surface area contributed by atoms with Gasteiger partial charge in [-0.2, -0.15) is 13.2 Å². The van der Waals surface area contributed by atoms with Gasteiger partial charge in [0.1, 0.15) is 28.4 Å². The Balaban J connectivity index is 1.70. The number of halogens is 3. The van der Waals surface area contributed by atoms with Gasteiger partial charge in [-0.3, -0.25) is 18.8 Å². The first-order chi connectivity index (χ1) is 19.0. The molecule has 0 saturated carbocycles. The molecular weight excluding hydrogens is 549 g/mol. The maximum absolute atomic E-state index is 13.5. The van der Waals surface area contributed by atoms with Crippen LogP contribution in [0.2, 0.25) is 0 Å². The molecule has 3 rings (SSSR count). The highest BCUT2D eigenvalue weighted by atomic mass is 32.2. The second kappa shape index (κ2) is 13.3. The number of aliphatic imine (C=N–C) groups is 1. The molecule has 2 aromatic carbocycles. The van der Waals surface area contributed by atoms with E-state index in [2.05, 4.69) is 22.2 Å². The minimum Gasteiger partial charge on any atom is -0.497 e. The van der Waals surface area contributed by atoms with E-state index in [1.165, 1.54) is 43.8 Å². The third-order valence-electron chi connectivity index (χ3n) is 6.16. The zero-order chi connectivity index (χ0) is 29.3. The largest absolute Gasteiger partial charge is 0.497 e. The van der Waals surface area contributed by atoms with Crippen LogP contribution in [0.15, 0.2) is 72.0 Å². The molecule has 0 radical (unpaired) electrons. The van der Waals surface area contributed by atoms with Gasteiger partial charge in [0, 0.05) is 47.5 Å². The Hall–Kier alpha value is -4.13. The second-order valence-corrected chi connectivity index (χ2v) is 10.5. The average molecular weight is 579 g/mol.